The van der Waals surface area contributed by atoms with E-state index in [1.165, 1.54) is 5.56 Å². The topological polar surface area (TPSA) is 48.1 Å². The summed E-state index contributed by atoms with van der Waals surface area (Å²) >= 11 is 0. The first-order valence-corrected chi connectivity index (χ1v) is 5.07. The van der Waals surface area contributed by atoms with Crippen LogP contribution in [0.2, 0.25) is 0 Å². The highest BCUT2D eigenvalue weighted by molar-refractivity contribution is 5.68. The molecule has 1 heterocycles. The summed E-state index contributed by atoms with van der Waals surface area (Å²) in [5.41, 5.74) is 9.59. The largest absolute Gasteiger partial charge is 0.495 e. The number of hydrogen-bond donors (Lipinski definition) is 1. The van der Waals surface area contributed by atoms with Crippen molar-refractivity contribution in [3.63, 3.8) is 0 Å². The third-order valence-corrected chi connectivity index (χ3v) is 2.44. The van der Waals surface area contributed by atoms with Gasteiger partial charge < -0.3 is 10.5 Å². The van der Waals surface area contributed by atoms with E-state index in [0.29, 0.717) is 11.4 Å². The predicted octanol–water partition coefficient (Wildman–Crippen LogP) is 2.65. The van der Waals surface area contributed by atoms with E-state index >= 15 is 0 Å². The van der Waals surface area contributed by atoms with E-state index in [2.05, 4.69) is 4.98 Å². The van der Waals surface area contributed by atoms with E-state index in [-0.39, 0.29) is 0 Å². The molecule has 0 spiro atoms. The summed E-state index contributed by atoms with van der Waals surface area (Å²) < 4.78 is 5.11. The van der Waals surface area contributed by atoms with Gasteiger partial charge in [0.15, 0.2) is 0 Å². The first-order valence-electron chi connectivity index (χ1n) is 5.07. The fraction of sp³-hybridized carbons (Fsp3) is 0.154. The van der Waals surface area contributed by atoms with Crippen LogP contribution in [0.5, 0.6) is 5.75 Å². The molecule has 1 aromatic carbocycles. The molecule has 3 heteroatoms. The molecule has 0 amide bonds. The highest BCUT2D eigenvalue weighted by atomic mass is 16.5. The number of rotatable bonds is 2. The maximum Gasteiger partial charge on any atom is 0.141 e. The number of anilines is 1. The Hall–Kier alpha value is -2.03. The van der Waals surface area contributed by atoms with Gasteiger partial charge in [-0.15, -0.1) is 0 Å². The average molecular weight is 214 g/mol. The van der Waals surface area contributed by atoms with Crippen LogP contribution in [0.25, 0.3) is 11.3 Å². The molecule has 1 aromatic heterocycles. The van der Waals surface area contributed by atoms with Crippen LogP contribution in [0.15, 0.2) is 36.5 Å². The Morgan fingerprint density at radius 1 is 1.19 bits per heavy atom. The number of aryl methyl sites for hydroxylation is 1. The third kappa shape index (κ3) is 1.98. The highest BCUT2D eigenvalue weighted by Gasteiger charge is 2.03. The van der Waals surface area contributed by atoms with Gasteiger partial charge in [-0.3, -0.25) is 4.98 Å². The lowest BCUT2D eigenvalue weighted by Crippen LogP contribution is -1.93. The Morgan fingerprint density at radius 2 is 2.00 bits per heavy atom. The minimum atomic E-state index is 0.628. The molecule has 0 aliphatic heterocycles. The van der Waals surface area contributed by atoms with E-state index in [4.69, 9.17) is 10.5 Å². The van der Waals surface area contributed by atoms with Crippen LogP contribution in [0.1, 0.15) is 5.56 Å². The van der Waals surface area contributed by atoms with Crippen molar-refractivity contribution in [2.75, 3.05) is 12.8 Å². The second-order valence-electron chi connectivity index (χ2n) is 3.68. The van der Waals surface area contributed by atoms with Crippen LogP contribution in [0, 0.1) is 6.92 Å². The van der Waals surface area contributed by atoms with Crippen LogP contribution < -0.4 is 10.5 Å². The quantitative estimate of drug-likeness (QED) is 0.782. The first-order chi connectivity index (χ1) is 7.70. The average Bonchev–Trinajstić information content (AvgIpc) is 2.29. The fourth-order valence-corrected chi connectivity index (χ4v) is 1.59. The molecule has 0 saturated heterocycles. The smallest absolute Gasteiger partial charge is 0.141 e. The van der Waals surface area contributed by atoms with Crippen molar-refractivity contribution >= 4 is 5.69 Å². The predicted molar refractivity (Wildman–Crippen MR) is 65.4 cm³/mol. The number of benzene rings is 1. The summed E-state index contributed by atoms with van der Waals surface area (Å²) in [6, 6.07) is 9.68. The Kier molecular flexibility index (Phi) is 2.77. The van der Waals surface area contributed by atoms with Gasteiger partial charge in [0.05, 0.1) is 18.5 Å². The Bertz CT molecular complexity index is 509. The van der Waals surface area contributed by atoms with E-state index in [9.17, 15) is 0 Å². The van der Waals surface area contributed by atoms with Crippen molar-refractivity contribution in [1.82, 2.24) is 4.98 Å². The van der Waals surface area contributed by atoms with Crippen molar-refractivity contribution in [3.05, 3.63) is 42.1 Å². The van der Waals surface area contributed by atoms with E-state index in [1.807, 2.05) is 37.3 Å². The Labute approximate surface area is 94.9 Å². The molecular formula is C13H14N2O. The second kappa shape index (κ2) is 4.23. The molecule has 0 bridgehead atoms. The number of ether oxygens (including phenoxy) is 1. The van der Waals surface area contributed by atoms with E-state index < -0.39 is 0 Å². The number of nitrogen functional groups attached to an aromatic ring is 1. The molecule has 2 N–H and O–H groups in total. The summed E-state index contributed by atoms with van der Waals surface area (Å²) in [5, 5.41) is 0. The molecule has 0 saturated carbocycles. The Morgan fingerprint density at radius 3 is 2.62 bits per heavy atom. The van der Waals surface area contributed by atoms with Gasteiger partial charge in [0.1, 0.15) is 5.75 Å². The normalized spacial score (nSPS) is 10.1. The number of nitrogens with zero attached hydrogens (tertiary/aromatic N) is 1. The monoisotopic (exact) mass is 214 g/mol. The molecule has 0 fully saturated rings. The van der Waals surface area contributed by atoms with Gasteiger partial charge in [0.2, 0.25) is 0 Å². The molecular weight excluding hydrogens is 200 g/mol. The third-order valence-electron chi connectivity index (χ3n) is 2.44. The minimum Gasteiger partial charge on any atom is -0.495 e. The zero-order chi connectivity index (χ0) is 11.5. The zero-order valence-electron chi connectivity index (χ0n) is 9.40. The van der Waals surface area contributed by atoms with Crippen molar-refractivity contribution in [3.8, 4) is 17.0 Å². The molecule has 0 atom stereocenters. The van der Waals surface area contributed by atoms with Gasteiger partial charge in [-0.2, -0.15) is 0 Å². The summed E-state index contributed by atoms with van der Waals surface area (Å²) in [4.78, 5) is 4.31. The molecule has 3 nitrogen and oxygen atoms in total. The van der Waals surface area contributed by atoms with Crippen molar-refractivity contribution < 1.29 is 4.74 Å². The number of methoxy groups -OCH3 is 1. The molecule has 16 heavy (non-hydrogen) atoms. The van der Waals surface area contributed by atoms with Gasteiger partial charge in [-0.25, -0.2) is 0 Å². The summed E-state index contributed by atoms with van der Waals surface area (Å²) in [6.07, 6.45) is 1.80. The van der Waals surface area contributed by atoms with Crippen LogP contribution in [0.3, 0.4) is 0 Å². The highest BCUT2D eigenvalue weighted by Crippen LogP contribution is 2.27. The SMILES string of the molecule is COc1ccc(-c2cc(C)ccn2)cc1N. The number of pyridine rings is 1. The van der Waals surface area contributed by atoms with E-state index in [1.54, 1.807) is 13.3 Å². The van der Waals surface area contributed by atoms with Crippen molar-refractivity contribution in [2.24, 2.45) is 0 Å². The van der Waals surface area contributed by atoms with Crippen LogP contribution in [0.4, 0.5) is 5.69 Å². The molecule has 2 rings (SSSR count). The summed E-state index contributed by atoms with van der Waals surface area (Å²) in [6.45, 7) is 2.04. The lowest BCUT2D eigenvalue weighted by atomic mass is 10.1. The summed E-state index contributed by atoms with van der Waals surface area (Å²) in [5.74, 6) is 0.691. The molecule has 0 aliphatic rings. The van der Waals surface area contributed by atoms with Gasteiger partial charge in [-0.1, -0.05) is 0 Å². The first kappa shape index (κ1) is 10.5. The molecule has 0 unspecified atom stereocenters. The van der Waals surface area contributed by atoms with Crippen LogP contribution in [-0.4, -0.2) is 12.1 Å². The number of hydrogen-bond acceptors (Lipinski definition) is 3. The van der Waals surface area contributed by atoms with Gasteiger partial charge in [0, 0.05) is 11.8 Å². The lowest BCUT2D eigenvalue weighted by molar-refractivity contribution is 0.417. The maximum atomic E-state index is 5.85. The molecule has 2 aromatic rings. The van der Waals surface area contributed by atoms with Crippen LogP contribution in [-0.2, 0) is 0 Å². The fourth-order valence-electron chi connectivity index (χ4n) is 1.59. The van der Waals surface area contributed by atoms with E-state index in [0.717, 1.165) is 11.3 Å². The number of nitrogens with two attached hydrogens (primary N) is 1. The molecule has 82 valence electrons. The minimum absolute atomic E-state index is 0.628. The second-order valence-corrected chi connectivity index (χ2v) is 3.68. The zero-order valence-corrected chi connectivity index (χ0v) is 9.40. The molecule has 0 aliphatic carbocycles. The lowest BCUT2D eigenvalue weighted by Gasteiger charge is -2.07. The molecule has 0 radical (unpaired) electrons. The van der Waals surface area contributed by atoms with Gasteiger partial charge in [-0.05, 0) is 42.8 Å². The Balaban J connectivity index is 2.45. The van der Waals surface area contributed by atoms with Gasteiger partial charge >= 0.3 is 0 Å². The number of aromatic nitrogens is 1. The summed E-state index contributed by atoms with van der Waals surface area (Å²) in [7, 11) is 1.61. The van der Waals surface area contributed by atoms with Crippen LogP contribution >= 0.6 is 0 Å². The standard InChI is InChI=1S/C13H14N2O/c1-9-5-6-15-12(7-9)10-3-4-13(16-2)11(14)8-10/h3-8H,14H2,1-2H3. The van der Waals surface area contributed by atoms with Crippen molar-refractivity contribution in [1.29, 1.82) is 0 Å². The van der Waals surface area contributed by atoms with Gasteiger partial charge in [0.25, 0.3) is 0 Å². The maximum absolute atomic E-state index is 5.85. The van der Waals surface area contributed by atoms with Crippen molar-refractivity contribution in [2.45, 2.75) is 6.92 Å².